The van der Waals surface area contributed by atoms with Gasteiger partial charge in [-0.3, -0.25) is 23.7 Å². The van der Waals surface area contributed by atoms with Crippen molar-refractivity contribution in [2.45, 2.75) is 96.4 Å². The first-order valence-electron chi connectivity index (χ1n) is 14.2. The summed E-state index contributed by atoms with van der Waals surface area (Å²) in [6, 6.07) is 0. The van der Waals surface area contributed by atoms with Crippen LogP contribution in [-0.4, -0.2) is 54.3 Å². The molecule has 4 aliphatic rings. The summed E-state index contributed by atoms with van der Waals surface area (Å²) in [6.45, 7) is 5.26. The Morgan fingerprint density at radius 2 is 1.77 bits per heavy atom. The van der Waals surface area contributed by atoms with Crippen LogP contribution in [0.1, 0.15) is 85.0 Å². The van der Waals surface area contributed by atoms with E-state index in [4.69, 9.17) is 9.29 Å². The van der Waals surface area contributed by atoms with Crippen molar-refractivity contribution in [3.63, 3.8) is 0 Å². The van der Waals surface area contributed by atoms with Crippen LogP contribution >= 0.6 is 0 Å². The molecule has 4 aliphatic carbocycles. The Labute approximate surface area is 232 Å². The Hall–Kier alpha value is -1.82. The minimum Gasteiger partial charge on any atom is -0.466 e. The molecule has 0 aromatic heterocycles. The number of fused-ring (bicyclic) bond motifs is 5. The van der Waals surface area contributed by atoms with Crippen LogP contribution in [-0.2, 0) is 34.0 Å². The van der Waals surface area contributed by atoms with E-state index in [1.54, 1.807) is 0 Å². The molecule has 5 unspecified atom stereocenters. The van der Waals surface area contributed by atoms with E-state index in [0.29, 0.717) is 38.5 Å². The fraction of sp³-hybridized carbons (Fsp3) is 0.857. The Morgan fingerprint density at radius 1 is 1.10 bits per heavy atom. The summed E-state index contributed by atoms with van der Waals surface area (Å²) in [5.41, 5.74) is -0.919. The van der Waals surface area contributed by atoms with Crippen molar-refractivity contribution in [3.8, 4) is 0 Å². The van der Waals surface area contributed by atoms with Crippen molar-refractivity contribution in [2.24, 2.45) is 46.3 Å². The molecule has 0 amide bonds. The van der Waals surface area contributed by atoms with E-state index in [2.05, 4.69) is 6.92 Å². The molecular weight excluding hydrogens is 553 g/mol. The lowest BCUT2D eigenvalue weighted by atomic mass is 9.44. The molecule has 12 heteroatoms. The summed E-state index contributed by atoms with van der Waals surface area (Å²) in [6.07, 6.45) is -0.339. The van der Waals surface area contributed by atoms with Gasteiger partial charge in [-0.1, -0.05) is 20.8 Å². The molecule has 0 aliphatic heterocycles. The minimum atomic E-state index is -5.94. The highest BCUT2D eigenvalue weighted by Crippen LogP contribution is 2.66. The summed E-state index contributed by atoms with van der Waals surface area (Å²) in [5, 5.41) is -5.00. The van der Waals surface area contributed by atoms with Crippen molar-refractivity contribution < 1.29 is 50.1 Å². The molecule has 0 spiro atoms. The van der Waals surface area contributed by atoms with Crippen LogP contribution in [0.15, 0.2) is 0 Å². The Bertz CT molecular complexity index is 1170. The monoisotopic (exact) mass is 592 g/mol. The van der Waals surface area contributed by atoms with Gasteiger partial charge in [-0.15, -0.1) is 0 Å². The fourth-order valence-corrected chi connectivity index (χ4v) is 9.06. The largest absolute Gasteiger partial charge is 0.466 e. The van der Waals surface area contributed by atoms with Gasteiger partial charge in [0, 0.05) is 49.9 Å². The molecule has 40 heavy (non-hydrogen) atoms. The zero-order chi connectivity index (χ0) is 29.8. The number of rotatable bonds is 9. The van der Waals surface area contributed by atoms with Crippen molar-refractivity contribution in [1.29, 1.82) is 0 Å². The maximum Gasteiger partial charge on any atom is 0.400 e. The average Bonchev–Trinajstić information content (AvgIpc) is 3.22. The highest BCUT2D eigenvalue weighted by Gasteiger charge is 2.66. The van der Waals surface area contributed by atoms with Gasteiger partial charge in [-0.2, -0.15) is 17.2 Å². The lowest BCUT2D eigenvalue weighted by molar-refractivity contribution is -0.166. The number of hydrogen-bond acceptors (Lipinski definition) is 7. The third-order valence-corrected chi connectivity index (χ3v) is 12.0. The van der Waals surface area contributed by atoms with Crippen molar-refractivity contribution in [1.82, 2.24) is 0 Å². The van der Waals surface area contributed by atoms with E-state index in [9.17, 15) is 40.8 Å². The fourth-order valence-electron chi connectivity index (χ4n) is 8.61. The molecule has 0 aromatic carbocycles. The summed E-state index contributed by atoms with van der Waals surface area (Å²) < 4.78 is 74.8. The second-order valence-corrected chi connectivity index (χ2v) is 14.5. The van der Waals surface area contributed by atoms with E-state index in [1.807, 2.05) is 13.8 Å². The number of alkyl halides is 3. The van der Waals surface area contributed by atoms with Gasteiger partial charge in [0.15, 0.2) is 6.17 Å². The molecule has 4 saturated carbocycles. The van der Waals surface area contributed by atoms with Crippen LogP contribution in [0.3, 0.4) is 0 Å². The molecule has 4 fully saturated rings. The predicted molar refractivity (Wildman–Crippen MR) is 136 cm³/mol. The summed E-state index contributed by atoms with van der Waals surface area (Å²) >= 11 is 0. The smallest absolute Gasteiger partial charge is 0.400 e. The third kappa shape index (κ3) is 5.16. The van der Waals surface area contributed by atoms with Crippen molar-refractivity contribution >= 4 is 33.4 Å². The molecule has 9 atom stereocenters. The topological polar surface area (TPSA) is 132 Å². The van der Waals surface area contributed by atoms with Crippen LogP contribution in [0.2, 0.25) is 0 Å². The van der Waals surface area contributed by atoms with Crippen molar-refractivity contribution in [2.75, 3.05) is 6.61 Å². The molecule has 0 radical (unpaired) electrons. The maximum absolute atomic E-state index is 13.8. The number of hydrogen-bond donors (Lipinski definition) is 1. The Morgan fingerprint density at radius 3 is 2.42 bits per heavy atom. The van der Waals surface area contributed by atoms with Gasteiger partial charge in [0.1, 0.15) is 17.3 Å². The summed E-state index contributed by atoms with van der Waals surface area (Å²) in [5.74, 6) is -0.802. The van der Waals surface area contributed by atoms with Gasteiger partial charge in [0.25, 0.3) is 0 Å². The predicted octanol–water partition coefficient (Wildman–Crippen LogP) is 4.74. The number of esters is 1. The first-order chi connectivity index (χ1) is 18.4. The van der Waals surface area contributed by atoms with Gasteiger partial charge >= 0.3 is 21.3 Å². The molecule has 226 valence electrons. The van der Waals surface area contributed by atoms with E-state index < -0.39 is 46.0 Å². The quantitative estimate of drug-likeness (QED) is 0.300. The number of carbonyl (C=O) groups excluding carboxylic acids is 4. The van der Waals surface area contributed by atoms with Gasteiger partial charge in [-0.25, -0.2) is 4.39 Å². The van der Waals surface area contributed by atoms with Gasteiger partial charge in [0.05, 0.1) is 6.61 Å². The number of carbonyl (C=O) groups is 4. The highest BCUT2D eigenvalue weighted by molar-refractivity contribution is 7.86. The van der Waals surface area contributed by atoms with E-state index in [1.165, 1.54) is 0 Å². The summed E-state index contributed by atoms with van der Waals surface area (Å²) in [4.78, 5) is 51.6. The molecular formula is C28H39F3O8S. The Kier molecular flexibility index (Phi) is 8.39. The molecule has 0 heterocycles. The average molecular weight is 593 g/mol. The zero-order valence-electron chi connectivity index (χ0n) is 23.2. The van der Waals surface area contributed by atoms with Crippen LogP contribution in [0.5, 0.6) is 0 Å². The van der Waals surface area contributed by atoms with Crippen molar-refractivity contribution in [3.05, 3.63) is 0 Å². The van der Waals surface area contributed by atoms with Crippen LogP contribution in [0, 0.1) is 46.3 Å². The van der Waals surface area contributed by atoms with Gasteiger partial charge in [-0.05, 0) is 60.7 Å². The first-order valence-corrected chi connectivity index (χ1v) is 15.6. The number of Topliss-reactive ketones (excluding diaryl/α,β-unsaturated/α-hetero) is 3. The molecule has 0 bridgehead atoms. The minimum absolute atomic E-state index is 0.00580. The first kappa shape index (κ1) is 31.1. The van der Waals surface area contributed by atoms with E-state index in [-0.39, 0.29) is 64.7 Å². The molecule has 4 rings (SSSR count). The third-order valence-electron chi connectivity index (χ3n) is 11.1. The van der Waals surface area contributed by atoms with Crippen LogP contribution in [0.25, 0.3) is 0 Å². The number of ketones is 3. The van der Waals surface area contributed by atoms with E-state index >= 15 is 0 Å². The number of ether oxygens (including phenoxy) is 1. The standard InChI is InChI=1S/C28H39F3O8S/c1-15(4-7-24(35)39-11-9-22(29)28(30,31)40(36,37)38)18-5-6-19-25-20(14-23(34)27(18,19)3)26(2)10-8-17(32)12-16(26)13-21(25)33/h15-16,18-20,22,25H,4-14H2,1-3H3,(H,36,37,38)/t15-,16?,18-,19?,20?,22?,25?,26+,27-/m1/s1. The second kappa shape index (κ2) is 10.8. The van der Waals surface area contributed by atoms with E-state index in [0.717, 1.165) is 12.8 Å². The van der Waals surface area contributed by atoms with Gasteiger partial charge in [0.2, 0.25) is 0 Å². The molecule has 0 saturated heterocycles. The highest BCUT2D eigenvalue weighted by atomic mass is 32.2. The lowest BCUT2D eigenvalue weighted by Gasteiger charge is -2.58. The summed E-state index contributed by atoms with van der Waals surface area (Å²) in [7, 11) is -5.94. The van der Waals surface area contributed by atoms with Crippen LogP contribution in [0.4, 0.5) is 13.2 Å². The molecule has 0 aromatic rings. The molecule has 8 nitrogen and oxygen atoms in total. The second-order valence-electron chi connectivity index (χ2n) is 13.0. The lowest BCUT2D eigenvalue weighted by Crippen LogP contribution is -2.60. The van der Waals surface area contributed by atoms with Gasteiger partial charge < -0.3 is 4.74 Å². The molecule has 1 N–H and O–H groups in total. The maximum atomic E-state index is 13.8. The number of halogens is 3. The van der Waals surface area contributed by atoms with Crippen LogP contribution < -0.4 is 0 Å². The zero-order valence-corrected chi connectivity index (χ0v) is 24.0. The SMILES string of the molecule is C[C@H](CCC(=O)OCCC(F)C(F)(F)S(=O)(=O)O)[C@H]1CCC2C3C(=O)CC4CC(=O)CC[C@]4(C)C3CC(=O)[C@@]21C. The Balaban J connectivity index is 1.36. The normalized spacial score (nSPS) is 37.8.